The monoisotopic (exact) mass is 321 g/mol. The van der Waals surface area contributed by atoms with Crippen molar-refractivity contribution >= 4 is 27.5 Å². The number of hydrogen-bond acceptors (Lipinski definition) is 3. The van der Waals surface area contributed by atoms with Gasteiger partial charge in [-0.1, -0.05) is 22.0 Å². The quantitative estimate of drug-likeness (QED) is 0.909. The molecule has 0 bridgehead atoms. The molecule has 2 atom stereocenters. The average molecular weight is 322 g/mol. The summed E-state index contributed by atoms with van der Waals surface area (Å²) in [6.45, 7) is 4.70. The van der Waals surface area contributed by atoms with E-state index in [9.17, 15) is 4.79 Å². The number of nitrogens with one attached hydrogen (secondary N) is 1. The number of benzene rings is 1. The topological polar surface area (TPSA) is 56.1 Å². The molecule has 1 aliphatic heterocycles. The number of amides is 1. The third-order valence-corrected chi connectivity index (χ3v) is 4.16. The molecule has 2 rings (SSSR count). The van der Waals surface area contributed by atoms with E-state index in [0.717, 1.165) is 15.7 Å². The minimum atomic E-state index is -0.407. The normalized spacial score (nSPS) is 22.8. The van der Waals surface area contributed by atoms with E-state index >= 15 is 0 Å². The van der Waals surface area contributed by atoms with Gasteiger partial charge in [-0.2, -0.15) is 5.26 Å². The van der Waals surface area contributed by atoms with Gasteiger partial charge in [-0.25, -0.2) is 0 Å². The van der Waals surface area contributed by atoms with Crippen molar-refractivity contribution < 1.29 is 4.79 Å². The van der Waals surface area contributed by atoms with E-state index in [4.69, 9.17) is 5.26 Å². The predicted octanol–water partition coefficient (Wildman–Crippen LogP) is 2.36. The van der Waals surface area contributed by atoms with E-state index in [1.54, 1.807) is 0 Å². The van der Waals surface area contributed by atoms with Crippen molar-refractivity contribution in [3.63, 3.8) is 0 Å². The van der Waals surface area contributed by atoms with Gasteiger partial charge in [-0.3, -0.25) is 4.79 Å². The fraction of sp³-hybridized carbons (Fsp3) is 0.429. The van der Waals surface area contributed by atoms with Crippen LogP contribution in [0.2, 0.25) is 0 Å². The van der Waals surface area contributed by atoms with Crippen molar-refractivity contribution in [1.29, 1.82) is 5.26 Å². The van der Waals surface area contributed by atoms with Crippen LogP contribution in [0.15, 0.2) is 22.7 Å². The predicted molar refractivity (Wildman–Crippen MR) is 77.8 cm³/mol. The maximum absolute atomic E-state index is 12.0. The molecule has 2 unspecified atom stereocenters. The molecule has 100 valence electrons. The Labute approximate surface area is 121 Å². The van der Waals surface area contributed by atoms with Crippen LogP contribution in [0, 0.1) is 18.3 Å². The highest BCUT2D eigenvalue weighted by molar-refractivity contribution is 9.10. The molecule has 0 spiro atoms. The Morgan fingerprint density at radius 2 is 2.32 bits per heavy atom. The maximum atomic E-state index is 12.0. The molecule has 1 heterocycles. The number of nitriles is 1. The summed E-state index contributed by atoms with van der Waals surface area (Å²) in [6.07, 6.45) is 0.198. The molecule has 19 heavy (non-hydrogen) atoms. The molecule has 5 heteroatoms. The SMILES string of the molecule is Cc1ccc(N2CC(C)NC(=O)C2CC#N)cc1Br. The first-order chi connectivity index (χ1) is 9.02. The second-order valence-corrected chi connectivity index (χ2v) is 5.73. The number of nitrogens with zero attached hydrogens (tertiary/aromatic N) is 2. The first kappa shape index (κ1) is 13.9. The lowest BCUT2D eigenvalue weighted by Gasteiger charge is -2.39. The number of rotatable bonds is 2. The van der Waals surface area contributed by atoms with E-state index in [1.807, 2.05) is 36.9 Å². The van der Waals surface area contributed by atoms with Crippen LogP contribution < -0.4 is 10.2 Å². The number of carbonyl (C=O) groups excluding carboxylic acids is 1. The van der Waals surface area contributed by atoms with Crippen molar-refractivity contribution in [2.75, 3.05) is 11.4 Å². The summed E-state index contributed by atoms with van der Waals surface area (Å²) in [5.74, 6) is -0.0722. The molecular weight excluding hydrogens is 306 g/mol. The van der Waals surface area contributed by atoms with Gasteiger partial charge >= 0.3 is 0 Å². The Balaban J connectivity index is 2.35. The Morgan fingerprint density at radius 1 is 1.58 bits per heavy atom. The standard InChI is InChI=1S/C14H16BrN3O/c1-9-3-4-11(7-12(9)15)18-8-10(2)17-14(19)13(18)5-6-16/h3-4,7,10,13H,5,8H2,1-2H3,(H,17,19). The lowest BCUT2D eigenvalue weighted by Crippen LogP contribution is -2.59. The first-order valence-electron chi connectivity index (χ1n) is 6.23. The van der Waals surface area contributed by atoms with E-state index in [2.05, 4.69) is 27.3 Å². The van der Waals surface area contributed by atoms with Gasteiger partial charge in [0.1, 0.15) is 6.04 Å². The number of piperazine rings is 1. The molecule has 0 radical (unpaired) electrons. The molecule has 1 saturated heterocycles. The second-order valence-electron chi connectivity index (χ2n) is 4.87. The summed E-state index contributed by atoms with van der Waals surface area (Å²) in [7, 11) is 0. The molecule has 0 aliphatic carbocycles. The van der Waals surface area contributed by atoms with Crippen molar-refractivity contribution in [3.8, 4) is 6.07 Å². The molecule has 0 aromatic heterocycles. The van der Waals surface area contributed by atoms with E-state index < -0.39 is 6.04 Å². The summed E-state index contributed by atoms with van der Waals surface area (Å²) in [5.41, 5.74) is 2.12. The van der Waals surface area contributed by atoms with Crippen LogP contribution in [0.3, 0.4) is 0 Å². The number of hydrogen-bond donors (Lipinski definition) is 1. The Kier molecular flexibility index (Phi) is 4.11. The Hall–Kier alpha value is -1.54. The van der Waals surface area contributed by atoms with E-state index in [1.165, 1.54) is 0 Å². The van der Waals surface area contributed by atoms with Crippen LogP contribution in [0.5, 0.6) is 0 Å². The minimum absolute atomic E-state index is 0.0722. The highest BCUT2D eigenvalue weighted by Gasteiger charge is 2.32. The van der Waals surface area contributed by atoms with Gasteiger partial charge in [0.2, 0.25) is 5.91 Å². The average Bonchev–Trinajstić information content (AvgIpc) is 2.36. The van der Waals surface area contributed by atoms with E-state index in [0.29, 0.717) is 6.54 Å². The molecule has 1 fully saturated rings. The van der Waals surface area contributed by atoms with Gasteiger partial charge in [-0.05, 0) is 31.5 Å². The zero-order chi connectivity index (χ0) is 14.0. The van der Waals surface area contributed by atoms with Gasteiger partial charge in [0.15, 0.2) is 0 Å². The molecular formula is C14H16BrN3O. The summed E-state index contributed by atoms with van der Waals surface area (Å²) in [4.78, 5) is 14.0. The molecule has 4 nitrogen and oxygen atoms in total. The molecule has 1 N–H and O–H groups in total. The van der Waals surface area contributed by atoms with Gasteiger partial charge in [-0.15, -0.1) is 0 Å². The Morgan fingerprint density at radius 3 is 2.95 bits per heavy atom. The molecule has 1 amide bonds. The fourth-order valence-electron chi connectivity index (χ4n) is 2.28. The van der Waals surface area contributed by atoms with Crippen molar-refractivity contribution in [2.24, 2.45) is 0 Å². The van der Waals surface area contributed by atoms with Gasteiger partial charge in [0.05, 0.1) is 12.5 Å². The van der Waals surface area contributed by atoms with Crippen LogP contribution >= 0.6 is 15.9 Å². The maximum Gasteiger partial charge on any atom is 0.244 e. The highest BCUT2D eigenvalue weighted by atomic mass is 79.9. The first-order valence-corrected chi connectivity index (χ1v) is 7.02. The zero-order valence-corrected chi connectivity index (χ0v) is 12.6. The summed E-state index contributed by atoms with van der Waals surface area (Å²) in [5, 5.41) is 11.8. The highest BCUT2D eigenvalue weighted by Crippen LogP contribution is 2.27. The van der Waals surface area contributed by atoms with Crippen molar-refractivity contribution in [1.82, 2.24) is 5.32 Å². The minimum Gasteiger partial charge on any atom is -0.357 e. The lowest BCUT2D eigenvalue weighted by molar-refractivity contribution is -0.124. The lowest BCUT2D eigenvalue weighted by atomic mass is 10.0. The van der Waals surface area contributed by atoms with Crippen molar-refractivity contribution in [3.05, 3.63) is 28.2 Å². The van der Waals surface area contributed by atoms with Gasteiger partial charge < -0.3 is 10.2 Å². The van der Waals surface area contributed by atoms with Gasteiger partial charge in [0, 0.05) is 22.7 Å². The molecule has 1 aromatic rings. The number of halogens is 1. The van der Waals surface area contributed by atoms with Crippen LogP contribution in [-0.2, 0) is 4.79 Å². The summed E-state index contributed by atoms with van der Waals surface area (Å²) >= 11 is 3.51. The number of carbonyl (C=O) groups is 1. The largest absolute Gasteiger partial charge is 0.357 e. The van der Waals surface area contributed by atoms with Crippen LogP contribution in [-0.4, -0.2) is 24.5 Å². The second kappa shape index (κ2) is 5.62. The fourth-order valence-corrected chi connectivity index (χ4v) is 2.65. The zero-order valence-electron chi connectivity index (χ0n) is 11.0. The number of aryl methyl sites for hydroxylation is 1. The third kappa shape index (κ3) is 2.90. The van der Waals surface area contributed by atoms with Crippen molar-refractivity contribution in [2.45, 2.75) is 32.4 Å². The van der Waals surface area contributed by atoms with E-state index in [-0.39, 0.29) is 18.4 Å². The van der Waals surface area contributed by atoms with Crippen LogP contribution in [0.4, 0.5) is 5.69 Å². The molecule has 1 aliphatic rings. The Bertz CT molecular complexity index is 538. The van der Waals surface area contributed by atoms with Crippen LogP contribution in [0.1, 0.15) is 18.9 Å². The third-order valence-electron chi connectivity index (χ3n) is 3.31. The van der Waals surface area contributed by atoms with Gasteiger partial charge in [0.25, 0.3) is 0 Å². The summed E-state index contributed by atoms with van der Waals surface area (Å²) in [6, 6.07) is 7.79. The summed E-state index contributed by atoms with van der Waals surface area (Å²) < 4.78 is 1.01. The molecule has 0 saturated carbocycles. The molecule has 1 aromatic carbocycles. The smallest absolute Gasteiger partial charge is 0.244 e. The number of anilines is 1. The van der Waals surface area contributed by atoms with Crippen LogP contribution in [0.25, 0.3) is 0 Å².